The minimum absolute atomic E-state index is 0.0418. The molecule has 0 unspecified atom stereocenters. The molecular formula is C20H10Cl2F3N3O2S. The molecule has 0 radical (unpaired) electrons. The molecule has 0 saturated carbocycles. The molecule has 1 amide bonds. The lowest BCUT2D eigenvalue weighted by Gasteiger charge is -2.09. The summed E-state index contributed by atoms with van der Waals surface area (Å²) in [5.74, 6) is -0.527. The van der Waals surface area contributed by atoms with Gasteiger partial charge < -0.3 is 5.32 Å². The average molecular weight is 484 g/mol. The van der Waals surface area contributed by atoms with Gasteiger partial charge in [0.05, 0.1) is 21.7 Å². The first-order valence-corrected chi connectivity index (χ1v) is 10.1. The quantitative estimate of drug-likeness (QED) is 0.387. The van der Waals surface area contributed by atoms with Crippen molar-refractivity contribution in [3.05, 3.63) is 86.3 Å². The van der Waals surface area contributed by atoms with Gasteiger partial charge in [-0.15, -0.1) is 0 Å². The number of hydrogen-bond donors (Lipinski definition) is 1. The van der Waals surface area contributed by atoms with Crippen LogP contribution in [0.4, 0.5) is 18.9 Å². The third-order valence-electron chi connectivity index (χ3n) is 4.27. The van der Waals surface area contributed by atoms with Crippen LogP contribution in [0.2, 0.25) is 10.0 Å². The van der Waals surface area contributed by atoms with Gasteiger partial charge in [0, 0.05) is 10.7 Å². The van der Waals surface area contributed by atoms with Gasteiger partial charge in [-0.1, -0.05) is 23.2 Å². The Morgan fingerprint density at radius 3 is 2.42 bits per heavy atom. The van der Waals surface area contributed by atoms with Crippen LogP contribution in [0.1, 0.15) is 16.1 Å². The summed E-state index contributed by atoms with van der Waals surface area (Å²) in [7, 11) is 0. The highest BCUT2D eigenvalue weighted by molar-refractivity contribution is 7.13. The molecule has 1 N–H and O–H groups in total. The zero-order chi connectivity index (χ0) is 22.3. The first-order chi connectivity index (χ1) is 14.6. The standard InChI is InChI=1S/C20H10Cl2F3N3O2S/c21-10-1-3-11(4-2-10)26-17(29)14-9-12(5-7-15(14)22)28-19(30)13-6-8-16(20(23,24)25)27-18(13)31-28/h1-9H,(H,26,29). The number of nitrogens with one attached hydrogen (secondary N) is 1. The van der Waals surface area contributed by atoms with E-state index in [0.29, 0.717) is 10.7 Å². The Balaban J connectivity index is 1.73. The summed E-state index contributed by atoms with van der Waals surface area (Å²) in [6.07, 6.45) is -4.63. The summed E-state index contributed by atoms with van der Waals surface area (Å²) in [5.41, 5.74) is -0.798. The Hall–Kier alpha value is -2.88. The molecule has 0 atom stereocenters. The lowest BCUT2D eigenvalue weighted by molar-refractivity contribution is -0.140. The minimum atomic E-state index is -4.63. The Kier molecular flexibility index (Phi) is 5.50. The van der Waals surface area contributed by atoms with E-state index in [0.717, 1.165) is 27.6 Å². The van der Waals surface area contributed by atoms with Crippen molar-refractivity contribution in [1.82, 2.24) is 8.94 Å². The Labute approximate surface area is 186 Å². The van der Waals surface area contributed by atoms with Crippen LogP contribution in [0.25, 0.3) is 15.9 Å². The first kappa shape index (κ1) is 21.4. The second-order valence-electron chi connectivity index (χ2n) is 6.36. The van der Waals surface area contributed by atoms with Crippen LogP contribution in [0.15, 0.2) is 59.4 Å². The summed E-state index contributed by atoms with van der Waals surface area (Å²) in [4.78, 5) is 28.8. The number of carbonyl (C=O) groups excluding carboxylic acids is 1. The fraction of sp³-hybridized carbons (Fsp3) is 0.0500. The molecule has 4 rings (SSSR count). The van der Waals surface area contributed by atoms with E-state index in [1.807, 2.05) is 0 Å². The van der Waals surface area contributed by atoms with Gasteiger partial charge in [-0.2, -0.15) is 13.2 Å². The summed E-state index contributed by atoms with van der Waals surface area (Å²) in [6.45, 7) is 0. The van der Waals surface area contributed by atoms with Crippen LogP contribution in [-0.2, 0) is 6.18 Å². The number of carbonyl (C=O) groups is 1. The molecule has 2 aromatic heterocycles. The smallest absolute Gasteiger partial charge is 0.322 e. The molecule has 4 aromatic rings. The van der Waals surface area contributed by atoms with Gasteiger partial charge in [0.15, 0.2) is 0 Å². The van der Waals surface area contributed by atoms with Gasteiger partial charge >= 0.3 is 6.18 Å². The number of pyridine rings is 1. The van der Waals surface area contributed by atoms with Crippen LogP contribution in [0, 0.1) is 0 Å². The summed E-state index contributed by atoms with van der Waals surface area (Å²) in [5, 5.41) is 3.35. The molecule has 2 heterocycles. The van der Waals surface area contributed by atoms with E-state index in [9.17, 15) is 22.8 Å². The van der Waals surface area contributed by atoms with Crippen LogP contribution in [0.3, 0.4) is 0 Å². The lowest BCUT2D eigenvalue weighted by atomic mass is 10.1. The van der Waals surface area contributed by atoms with Crippen molar-refractivity contribution in [1.29, 1.82) is 0 Å². The van der Waals surface area contributed by atoms with Crippen molar-refractivity contribution in [2.75, 3.05) is 5.32 Å². The van der Waals surface area contributed by atoms with Crippen molar-refractivity contribution < 1.29 is 18.0 Å². The lowest BCUT2D eigenvalue weighted by Crippen LogP contribution is -2.15. The van der Waals surface area contributed by atoms with E-state index in [1.54, 1.807) is 24.3 Å². The largest absolute Gasteiger partial charge is 0.433 e. The third kappa shape index (κ3) is 4.30. The van der Waals surface area contributed by atoms with Gasteiger partial charge in [-0.25, -0.2) is 8.94 Å². The summed E-state index contributed by atoms with van der Waals surface area (Å²) in [6, 6.07) is 12.6. The molecule has 0 spiro atoms. The van der Waals surface area contributed by atoms with E-state index < -0.39 is 23.3 Å². The van der Waals surface area contributed by atoms with Crippen molar-refractivity contribution in [3.63, 3.8) is 0 Å². The van der Waals surface area contributed by atoms with E-state index >= 15 is 0 Å². The van der Waals surface area contributed by atoms with Crippen molar-refractivity contribution >= 4 is 56.5 Å². The molecular weight excluding hydrogens is 474 g/mol. The van der Waals surface area contributed by atoms with Crippen LogP contribution in [0.5, 0.6) is 0 Å². The van der Waals surface area contributed by atoms with E-state index in [-0.39, 0.29) is 26.5 Å². The summed E-state index contributed by atoms with van der Waals surface area (Å²) >= 11 is 12.7. The van der Waals surface area contributed by atoms with Crippen LogP contribution < -0.4 is 10.9 Å². The zero-order valence-electron chi connectivity index (χ0n) is 15.2. The number of anilines is 1. The fourth-order valence-electron chi connectivity index (χ4n) is 2.78. The van der Waals surface area contributed by atoms with Gasteiger partial charge in [0.1, 0.15) is 10.5 Å². The molecule has 5 nitrogen and oxygen atoms in total. The number of fused-ring (bicyclic) bond motifs is 1. The second-order valence-corrected chi connectivity index (χ2v) is 8.14. The maximum atomic E-state index is 12.9. The molecule has 0 saturated heterocycles. The predicted molar refractivity (Wildman–Crippen MR) is 115 cm³/mol. The van der Waals surface area contributed by atoms with E-state index in [1.165, 1.54) is 18.2 Å². The Bertz CT molecular complexity index is 1370. The van der Waals surface area contributed by atoms with Crippen LogP contribution >= 0.6 is 34.7 Å². The average Bonchev–Trinajstić information content (AvgIpc) is 3.05. The number of amides is 1. The third-order valence-corrected chi connectivity index (χ3v) is 5.90. The molecule has 0 aliphatic heterocycles. The molecule has 158 valence electrons. The van der Waals surface area contributed by atoms with Gasteiger partial charge in [0.2, 0.25) is 0 Å². The van der Waals surface area contributed by atoms with E-state index in [4.69, 9.17) is 23.2 Å². The Morgan fingerprint density at radius 1 is 1.03 bits per heavy atom. The molecule has 0 aliphatic rings. The number of aromatic nitrogens is 2. The molecule has 2 aromatic carbocycles. The molecule has 11 heteroatoms. The number of nitrogens with zero attached hydrogens (tertiary/aromatic N) is 2. The van der Waals surface area contributed by atoms with Crippen molar-refractivity contribution in [2.45, 2.75) is 6.18 Å². The Morgan fingerprint density at radius 2 is 1.74 bits per heavy atom. The molecule has 0 fully saturated rings. The van der Waals surface area contributed by atoms with Gasteiger partial charge in [0.25, 0.3) is 11.5 Å². The monoisotopic (exact) mass is 483 g/mol. The first-order valence-electron chi connectivity index (χ1n) is 8.60. The number of halogens is 5. The molecule has 31 heavy (non-hydrogen) atoms. The maximum absolute atomic E-state index is 12.9. The zero-order valence-corrected chi connectivity index (χ0v) is 17.5. The van der Waals surface area contributed by atoms with Crippen LogP contribution in [-0.4, -0.2) is 14.8 Å². The fourth-order valence-corrected chi connectivity index (χ4v) is 4.08. The van der Waals surface area contributed by atoms with Crippen molar-refractivity contribution in [3.8, 4) is 5.69 Å². The molecule has 0 aliphatic carbocycles. The number of benzene rings is 2. The molecule has 0 bridgehead atoms. The highest BCUT2D eigenvalue weighted by Crippen LogP contribution is 2.30. The highest BCUT2D eigenvalue weighted by Gasteiger charge is 2.33. The van der Waals surface area contributed by atoms with Crippen molar-refractivity contribution in [2.24, 2.45) is 0 Å². The predicted octanol–water partition coefficient (Wildman–Crippen LogP) is 6.03. The normalized spacial score (nSPS) is 11.6. The summed E-state index contributed by atoms with van der Waals surface area (Å²) < 4.78 is 39.9. The number of rotatable bonds is 3. The van der Waals surface area contributed by atoms with E-state index in [2.05, 4.69) is 10.3 Å². The minimum Gasteiger partial charge on any atom is -0.322 e. The number of hydrogen-bond acceptors (Lipinski definition) is 4. The second kappa shape index (κ2) is 7.99. The SMILES string of the molecule is O=C(Nc1ccc(Cl)cc1)c1cc(-n2sc3nc(C(F)(F)F)ccc3c2=O)ccc1Cl. The topological polar surface area (TPSA) is 64.0 Å². The number of alkyl halides is 3. The van der Waals surface area contributed by atoms with Gasteiger partial charge in [-0.05, 0) is 66.1 Å². The highest BCUT2D eigenvalue weighted by atomic mass is 35.5. The van der Waals surface area contributed by atoms with Gasteiger partial charge in [-0.3, -0.25) is 9.59 Å². The maximum Gasteiger partial charge on any atom is 0.433 e.